The van der Waals surface area contributed by atoms with Gasteiger partial charge in [-0.15, -0.1) is 0 Å². The molecule has 3 fully saturated rings. The third kappa shape index (κ3) is 3.67. The summed E-state index contributed by atoms with van der Waals surface area (Å²) in [6, 6.07) is 0.0712. The number of urea groups is 1. The van der Waals surface area contributed by atoms with Gasteiger partial charge in [-0.25, -0.2) is 9.78 Å². The van der Waals surface area contributed by atoms with E-state index in [-0.39, 0.29) is 23.9 Å². The second kappa shape index (κ2) is 7.88. The van der Waals surface area contributed by atoms with Crippen LogP contribution in [0.15, 0.2) is 12.4 Å². The fraction of sp³-hybridized carbons (Fsp3) is 0.737. The molecule has 0 spiro atoms. The number of carbonyl (C=O) groups is 2. The SMILES string of the molecule is Cn1ccnc1C1CNCCN1C(=O)C1CCCN(C(=O)N2CCCC2)C1. The number of carbonyl (C=O) groups excluding carboxylic acids is 2. The average Bonchev–Trinajstić information content (AvgIpc) is 3.39. The lowest BCUT2D eigenvalue weighted by Gasteiger charge is -2.40. The number of hydrogen-bond donors (Lipinski definition) is 1. The summed E-state index contributed by atoms with van der Waals surface area (Å²) in [5.74, 6) is 0.978. The van der Waals surface area contributed by atoms with Gasteiger partial charge in [0.2, 0.25) is 5.91 Å². The Labute approximate surface area is 160 Å². The monoisotopic (exact) mass is 374 g/mol. The van der Waals surface area contributed by atoms with Gasteiger partial charge < -0.3 is 24.6 Å². The number of nitrogens with zero attached hydrogens (tertiary/aromatic N) is 5. The van der Waals surface area contributed by atoms with E-state index in [9.17, 15) is 9.59 Å². The molecule has 3 aliphatic rings. The molecule has 2 unspecified atom stereocenters. The van der Waals surface area contributed by atoms with Crippen LogP contribution in [0.2, 0.25) is 0 Å². The molecule has 0 aliphatic carbocycles. The van der Waals surface area contributed by atoms with E-state index in [0.717, 1.165) is 64.2 Å². The number of imidazole rings is 1. The van der Waals surface area contributed by atoms with Gasteiger partial charge in [0.25, 0.3) is 0 Å². The van der Waals surface area contributed by atoms with Crippen LogP contribution in [0, 0.1) is 5.92 Å². The zero-order valence-electron chi connectivity index (χ0n) is 16.1. The number of hydrogen-bond acceptors (Lipinski definition) is 4. The van der Waals surface area contributed by atoms with Crippen molar-refractivity contribution in [1.82, 2.24) is 29.6 Å². The molecule has 4 rings (SSSR count). The molecule has 0 saturated carbocycles. The summed E-state index contributed by atoms with van der Waals surface area (Å²) in [7, 11) is 1.97. The summed E-state index contributed by atoms with van der Waals surface area (Å²) in [6.45, 7) is 5.23. The Morgan fingerprint density at radius 2 is 1.89 bits per heavy atom. The van der Waals surface area contributed by atoms with Gasteiger partial charge in [-0.05, 0) is 25.7 Å². The van der Waals surface area contributed by atoms with E-state index in [1.807, 2.05) is 32.5 Å². The minimum absolute atomic E-state index is 0.0455. The predicted molar refractivity (Wildman–Crippen MR) is 101 cm³/mol. The Morgan fingerprint density at radius 3 is 2.63 bits per heavy atom. The molecular weight excluding hydrogens is 344 g/mol. The van der Waals surface area contributed by atoms with Crippen molar-refractivity contribution in [2.45, 2.75) is 31.7 Å². The lowest BCUT2D eigenvalue weighted by Crippen LogP contribution is -2.54. The molecule has 0 radical (unpaired) electrons. The molecule has 2 atom stereocenters. The Hall–Kier alpha value is -2.09. The van der Waals surface area contributed by atoms with Gasteiger partial charge in [0, 0.05) is 65.3 Å². The van der Waals surface area contributed by atoms with E-state index in [1.165, 1.54) is 0 Å². The molecule has 0 bridgehead atoms. The molecule has 8 nitrogen and oxygen atoms in total. The van der Waals surface area contributed by atoms with Crippen molar-refractivity contribution in [1.29, 1.82) is 0 Å². The second-order valence-corrected chi connectivity index (χ2v) is 7.91. The van der Waals surface area contributed by atoms with Crippen LogP contribution in [0.25, 0.3) is 0 Å². The second-order valence-electron chi connectivity index (χ2n) is 7.91. The van der Waals surface area contributed by atoms with Crippen LogP contribution in [0.1, 0.15) is 37.5 Å². The van der Waals surface area contributed by atoms with Crippen molar-refractivity contribution in [2.75, 3.05) is 45.8 Å². The van der Waals surface area contributed by atoms with Gasteiger partial charge in [-0.3, -0.25) is 4.79 Å². The van der Waals surface area contributed by atoms with Crippen molar-refractivity contribution in [3.63, 3.8) is 0 Å². The molecule has 3 saturated heterocycles. The quantitative estimate of drug-likeness (QED) is 0.832. The summed E-state index contributed by atoms with van der Waals surface area (Å²) < 4.78 is 1.99. The maximum atomic E-state index is 13.4. The van der Waals surface area contributed by atoms with Crippen LogP contribution in [-0.2, 0) is 11.8 Å². The molecule has 1 aromatic rings. The van der Waals surface area contributed by atoms with Gasteiger partial charge in [0.05, 0.1) is 5.92 Å². The number of piperazine rings is 1. The Kier molecular flexibility index (Phi) is 5.33. The van der Waals surface area contributed by atoms with Gasteiger partial charge in [0.1, 0.15) is 11.9 Å². The molecule has 4 heterocycles. The van der Waals surface area contributed by atoms with Crippen LogP contribution >= 0.6 is 0 Å². The first kappa shape index (κ1) is 18.3. The molecule has 1 aromatic heterocycles. The Morgan fingerprint density at radius 1 is 1.11 bits per heavy atom. The van der Waals surface area contributed by atoms with Crippen LogP contribution in [-0.4, -0.2) is 82.0 Å². The Balaban J connectivity index is 1.45. The van der Waals surface area contributed by atoms with Crippen LogP contribution in [0.5, 0.6) is 0 Å². The molecule has 3 aliphatic heterocycles. The lowest BCUT2D eigenvalue weighted by molar-refractivity contribution is -0.140. The molecule has 0 aromatic carbocycles. The number of piperidine rings is 1. The topological polar surface area (TPSA) is 73.7 Å². The van der Waals surface area contributed by atoms with Crippen molar-refractivity contribution in [3.05, 3.63) is 18.2 Å². The van der Waals surface area contributed by atoms with Crippen LogP contribution in [0.4, 0.5) is 4.79 Å². The lowest BCUT2D eigenvalue weighted by atomic mass is 9.95. The van der Waals surface area contributed by atoms with Gasteiger partial charge >= 0.3 is 6.03 Å². The van der Waals surface area contributed by atoms with Crippen molar-refractivity contribution < 1.29 is 9.59 Å². The smallest absolute Gasteiger partial charge is 0.320 e. The molecule has 1 N–H and O–H groups in total. The zero-order valence-corrected chi connectivity index (χ0v) is 16.1. The van der Waals surface area contributed by atoms with Gasteiger partial charge in [-0.2, -0.15) is 0 Å². The number of aryl methyl sites for hydroxylation is 1. The van der Waals surface area contributed by atoms with E-state index in [0.29, 0.717) is 13.1 Å². The highest BCUT2D eigenvalue weighted by Crippen LogP contribution is 2.27. The van der Waals surface area contributed by atoms with Crippen LogP contribution < -0.4 is 5.32 Å². The first-order valence-corrected chi connectivity index (χ1v) is 10.2. The maximum absolute atomic E-state index is 13.4. The first-order chi connectivity index (χ1) is 13.1. The van der Waals surface area contributed by atoms with E-state index in [1.54, 1.807) is 6.20 Å². The Bertz CT molecular complexity index is 683. The number of amides is 3. The predicted octanol–water partition coefficient (Wildman–Crippen LogP) is 0.821. The molecular formula is C19H30N6O2. The van der Waals surface area contributed by atoms with Crippen LogP contribution in [0.3, 0.4) is 0 Å². The largest absolute Gasteiger partial charge is 0.336 e. The summed E-state index contributed by atoms with van der Waals surface area (Å²) in [5, 5.41) is 3.38. The normalized spacial score (nSPS) is 26.5. The molecule has 8 heteroatoms. The summed E-state index contributed by atoms with van der Waals surface area (Å²) in [4.78, 5) is 36.4. The van der Waals surface area contributed by atoms with Gasteiger partial charge in [-0.1, -0.05) is 0 Å². The van der Waals surface area contributed by atoms with E-state index < -0.39 is 0 Å². The highest BCUT2D eigenvalue weighted by atomic mass is 16.2. The number of nitrogens with one attached hydrogen (secondary N) is 1. The van der Waals surface area contributed by atoms with E-state index in [2.05, 4.69) is 10.3 Å². The number of aromatic nitrogens is 2. The summed E-state index contributed by atoms with van der Waals surface area (Å²) in [6.07, 6.45) is 7.64. The standard InChI is InChI=1S/C19H30N6O2/c1-22-11-7-21-17(22)16-13-20-6-12-25(16)18(26)15-5-4-10-24(14-15)19(27)23-8-2-3-9-23/h7,11,15-16,20H,2-6,8-10,12-14H2,1H3. The zero-order chi connectivity index (χ0) is 18.8. The highest BCUT2D eigenvalue weighted by Gasteiger charge is 2.37. The first-order valence-electron chi connectivity index (χ1n) is 10.2. The van der Waals surface area contributed by atoms with Crippen molar-refractivity contribution in [2.24, 2.45) is 13.0 Å². The van der Waals surface area contributed by atoms with E-state index >= 15 is 0 Å². The minimum Gasteiger partial charge on any atom is -0.336 e. The molecule has 148 valence electrons. The number of likely N-dealkylation sites (tertiary alicyclic amines) is 2. The summed E-state index contributed by atoms with van der Waals surface area (Å²) in [5.41, 5.74) is 0. The third-order valence-corrected chi connectivity index (χ3v) is 6.10. The minimum atomic E-state index is -0.105. The van der Waals surface area contributed by atoms with Crippen molar-refractivity contribution in [3.8, 4) is 0 Å². The molecule has 27 heavy (non-hydrogen) atoms. The van der Waals surface area contributed by atoms with Gasteiger partial charge in [0.15, 0.2) is 0 Å². The van der Waals surface area contributed by atoms with E-state index in [4.69, 9.17) is 0 Å². The average molecular weight is 374 g/mol. The maximum Gasteiger partial charge on any atom is 0.320 e. The number of rotatable bonds is 2. The van der Waals surface area contributed by atoms with Crippen molar-refractivity contribution >= 4 is 11.9 Å². The highest BCUT2D eigenvalue weighted by molar-refractivity contribution is 5.81. The fourth-order valence-corrected chi connectivity index (χ4v) is 4.59. The third-order valence-electron chi connectivity index (χ3n) is 6.10. The fourth-order valence-electron chi connectivity index (χ4n) is 4.59. The summed E-state index contributed by atoms with van der Waals surface area (Å²) >= 11 is 0. The molecule has 3 amide bonds.